The lowest BCUT2D eigenvalue weighted by Gasteiger charge is -2.14. The van der Waals surface area contributed by atoms with Crippen molar-refractivity contribution in [3.63, 3.8) is 0 Å². The van der Waals surface area contributed by atoms with Gasteiger partial charge in [-0.15, -0.1) is 0 Å². The minimum atomic E-state index is -0.289. The molecule has 76 valence electrons. The summed E-state index contributed by atoms with van der Waals surface area (Å²) in [6.07, 6.45) is -0.289. The molecular formula is C12H16O2. The van der Waals surface area contributed by atoms with Crippen molar-refractivity contribution >= 4 is 0 Å². The Labute approximate surface area is 84.8 Å². The van der Waals surface area contributed by atoms with Gasteiger partial charge in [0.1, 0.15) is 11.5 Å². The third-order valence-electron chi connectivity index (χ3n) is 1.95. The maximum absolute atomic E-state index is 9.61. The van der Waals surface area contributed by atoms with Crippen LogP contribution >= 0.6 is 0 Å². The molecule has 1 rings (SSSR count). The number of aliphatic hydroxyl groups excluding tert-OH is 1. The number of aliphatic hydroxyl groups is 1. The molecule has 0 aromatic heterocycles. The lowest BCUT2D eigenvalue weighted by molar-refractivity contribution is 0.189. The van der Waals surface area contributed by atoms with Gasteiger partial charge in [-0.3, -0.25) is 0 Å². The molecule has 0 bridgehead atoms. The second kappa shape index (κ2) is 4.70. The Balaban J connectivity index is 2.67. The largest absolute Gasteiger partial charge is 0.508 e. The lowest BCUT2D eigenvalue weighted by atomic mass is 10.2. The highest BCUT2D eigenvalue weighted by Gasteiger charge is 2.09. The van der Waals surface area contributed by atoms with Crippen LogP contribution in [0.4, 0.5) is 0 Å². The Morgan fingerprint density at radius 2 is 1.79 bits per heavy atom. The van der Waals surface area contributed by atoms with Gasteiger partial charge in [0.2, 0.25) is 0 Å². The Morgan fingerprint density at radius 1 is 1.21 bits per heavy atom. The van der Waals surface area contributed by atoms with E-state index >= 15 is 0 Å². The molecule has 0 fully saturated rings. The van der Waals surface area contributed by atoms with E-state index in [1.165, 1.54) is 0 Å². The van der Waals surface area contributed by atoms with Crippen LogP contribution in [0.3, 0.4) is 0 Å². The molecule has 0 aliphatic rings. The average molecular weight is 192 g/mol. The molecule has 1 N–H and O–H groups in total. The molecule has 0 spiro atoms. The second-order valence-electron chi connectivity index (χ2n) is 3.46. The Morgan fingerprint density at radius 3 is 2.29 bits per heavy atom. The molecule has 1 atom stereocenters. The standard InChI is InChI=1S/C12H16O2/c1-9(2)12(13)10(3)14-11-7-5-4-6-8-11/h4-8,10,13H,1-3H3/t10-/m0/s1. The van der Waals surface area contributed by atoms with Gasteiger partial charge >= 0.3 is 0 Å². The van der Waals surface area contributed by atoms with Gasteiger partial charge in [0.05, 0.1) is 0 Å². The highest BCUT2D eigenvalue weighted by Crippen LogP contribution is 2.15. The van der Waals surface area contributed by atoms with Crippen molar-refractivity contribution in [2.45, 2.75) is 26.9 Å². The molecule has 1 aromatic carbocycles. The molecule has 0 aliphatic heterocycles. The minimum Gasteiger partial charge on any atom is -0.508 e. The summed E-state index contributed by atoms with van der Waals surface area (Å²) in [4.78, 5) is 0. The van der Waals surface area contributed by atoms with Crippen LogP contribution in [0.2, 0.25) is 0 Å². The SMILES string of the molecule is CC(C)=C(O)[C@H](C)Oc1ccccc1. The van der Waals surface area contributed by atoms with Gasteiger partial charge in [-0.25, -0.2) is 0 Å². The zero-order valence-corrected chi connectivity index (χ0v) is 8.82. The third-order valence-corrected chi connectivity index (χ3v) is 1.95. The van der Waals surface area contributed by atoms with Crippen LogP contribution in [0.25, 0.3) is 0 Å². The highest BCUT2D eigenvalue weighted by molar-refractivity contribution is 5.22. The summed E-state index contributed by atoms with van der Waals surface area (Å²) in [5.41, 5.74) is 0.883. The number of benzene rings is 1. The van der Waals surface area contributed by atoms with Crippen LogP contribution in [0, 0.1) is 0 Å². The van der Waals surface area contributed by atoms with Gasteiger partial charge in [-0.2, -0.15) is 0 Å². The van der Waals surface area contributed by atoms with Gasteiger partial charge in [-0.05, 0) is 38.5 Å². The molecule has 0 unspecified atom stereocenters. The molecule has 0 amide bonds. The van der Waals surface area contributed by atoms with Crippen molar-refractivity contribution in [1.82, 2.24) is 0 Å². The van der Waals surface area contributed by atoms with E-state index in [2.05, 4.69) is 0 Å². The number of para-hydroxylation sites is 1. The molecule has 2 nitrogen and oxygen atoms in total. The van der Waals surface area contributed by atoms with E-state index in [4.69, 9.17) is 4.74 Å². The number of hydrogen-bond donors (Lipinski definition) is 1. The maximum Gasteiger partial charge on any atom is 0.152 e. The van der Waals surface area contributed by atoms with E-state index in [1.807, 2.05) is 51.1 Å². The van der Waals surface area contributed by atoms with Crippen molar-refractivity contribution in [2.24, 2.45) is 0 Å². The van der Waals surface area contributed by atoms with Crippen LogP contribution in [0.1, 0.15) is 20.8 Å². The fourth-order valence-corrected chi connectivity index (χ4v) is 1.17. The summed E-state index contributed by atoms with van der Waals surface area (Å²) in [6, 6.07) is 9.48. The van der Waals surface area contributed by atoms with Crippen molar-refractivity contribution in [3.8, 4) is 5.75 Å². The predicted molar refractivity (Wildman–Crippen MR) is 57.5 cm³/mol. The maximum atomic E-state index is 9.61. The van der Waals surface area contributed by atoms with Gasteiger partial charge < -0.3 is 9.84 Å². The first-order chi connectivity index (χ1) is 6.61. The molecule has 0 radical (unpaired) electrons. The van der Waals surface area contributed by atoms with E-state index < -0.39 is 0 Å². The summed E-state index contributed by atoms with van der Waals surface area (Å²) in [5, 5.41) is 9.61. The van der Waals surface area contributed by atoms with Gasteiger partial charge in [0, 0.05) is 0 Å². The normalized spacial score (nSPS) is 11.9. The molecule has 0 saturated carbocycles. The lowest BCUT2D eigenvalue weighted by Crippen LogP contribution is -2.15. The quantitative estimate of drug-likeness (QED) is 0.744. The monoisotopic (exact) mass is 192 g/mol. The number of rotatable bonds is 3. The van der Waals surface area contributed by atoms with Crippen LogP contribution in [0.5, 0.6) is 5.75 Å². The first-order valence-corrected chi connectivity index (χ1v) is 4.69. The van der Waals surface area contributed by atoms with Crippen LogP contribution in [-0.2, 0) is 0 Å². The average Bonchev–Trinajstić information content (AvgIpc) is 2.18. The molecule has 0 saturated heterocycles. The number of allylic oxidation sites excluding steroid dienone is 1. The van der Waals surface area contributed by atoms with Crippen molar-refractivity contribution in [1.29, 1.82) is 0 Å². The zero-order chi connectivity index (χ0) is 10.6. The second-order valence-corrected chi connectivity index (χ2v) is 3.46. The fraction of sp³-hybridized carbons (Fsp3) is 0.333. The number of hydrogen-bond acceptors (Lipinski definition) is 2. The Bertz CT molecular complexity index is 310. The smallest absolute Gasteiger partial charge is 0.152 e. The van der Waals surface area contributed by atoms with Crippen molar-refractivity contribution < 1.29 is 9.84 Å². The first-order valence-electron chi connectivity index (χ1n) is 4.69. The van der Waals surface area contributed by atoms with Crippen LogP contribution in [0.15, 0.2) is 41.7 Å². The van der Waals surface area contributed by atoms with E-state index in [0.29, 0.717) is 5.76 Å². The Kier molecular flexibility index (Phi) is 3.57. The highest BCUT2D eigenvalue weighted by atomic mass is 16.5. The number of ether oxygens (including phenoxy) is 1. The van der Waals surface area contributed by atoms with Crippen molar-refractivity contribution in [3.05, 3.63) is 41.7 Å². The van der Waals surface area contributed by atoms with Gasteiger partial charge in [0.15, 0.2) is 6.10 Å². The summed E-state index contributed by atoms with van der Waals surface area (Å²) in [7, 11) is 0. The van der Waals surface area contributed by atoms with Gasteiger partial charge in [0.25, 0.3) is 0 Å². The van der Waals surface area contributed by atoms with E-state index in [9.17, 15) is 5.11 Å². The summed E-state index contributed by atoms with van der Waals surface area (Å²) in [6.45, 7) is 5.55. The van der Waals surface area contributed by atoms with Gasteiger partial charge in [-0.1, -0.05) is 18.2 Å². The predicted octanol–water partition coefficient (Wildman–Crippen LogP) is 3.31. The minimum absolute atomic E-state index is 0.289. The van der Waals surface area contributed by atoms with E-state index in [-0.39, 0.29) is 6.10 Å². The summed E-state index contributed by atoms with van der Waals surface area (Å²) >= 11 is 0. The topological polar surface area (TPSA) is 29.5 Å². The molecule has 1 aromatic rings. The van der Waals surface area contributed by atoms with Crippen LogP contribution in [-0.4, -0.2) is 11.2 Å². The molecule has 0 heterocycles. The molecule has 2 heteroatoms. The molecule has 0 aliphatic carbocycles. The summed E-state index contributed by atoms with van der Waals surface area (Å²) < 4.78 is 5.53. The first kappa shape index (κ1) is 10.6. The molecule has 14 heavy (non-hydrogen) atoms. The Hall–Kier alpha value is -1.44. The van der Waals surface area contributed by atoms with E-state index in [1.54, 1.807) is 0 Å². The van der Waals surface area contributed by atoms with E-state index in [0.717, 1.165) is 11.3 Å². The summed E-state index contributed by atoms with van der Waals surface area (Å²) in [5.74, 6) is 1.07. The fourth-order valence-electron chi connectivity index (χ4n) is 1.17. The zero-order valence-electron chi connectivity index (χ0n) is 8.82. The van der Waals surface area contributed by atoms with Crippen molar-refractivity contribution in [2.75, 3.05) is 0 Å². The van der Waals surface area contributed by atoms with Crippen LogP contribution < -0.4 is 4.74 Å². The third kappa shape index (κ3) is 2.80. The molecular weight excluding hydrogens is 176 g/mol.